The van der Waals surface area contributed by atoms with Gasteiger partial charge in [0.25, 0.3) is 17.7 Å². The number of ether oxygens (including phenoxy) is 1. The van der Waals surface area contributed by atoms with Crippen molar-refractivity contribution in [3.63, 3.8) is 0 Å². The van der Waals surface area contributed by atoms with Crippen molar-refractivity contribution in [3.8, 4) is 0 Å². The number of benzene rings is 2. The molecule has 1 aliphatic rings. The number of aromatic nitrogens is 1. The maximum absolute atomic E-state index is 12.6. The number of imide groups is 1. The summed E-state index contributed by atoms with van der Waals surface area (Å²) >= 11 is 1.21. The van der Waals surface area contributed by atoms with Crippen LogP contribution in [0.1, 0.15) is 31.1 Å². The molecule has 0 saturated heterocycles. The lowest BCUT2D eigenvalue weighted by Crippen LogP contribution is -2.35. The molecule has 0 unspecified atom stereocenters. The molecule has 0 aliphatic carbocycles. The third-order valence-corrected chi connectivity index (χ3v) is 5.85. The van der Waals surface area contributed by atoms with Crippen LogP contribution in [0.15, 0.2) is 60.1 Å². The van der Waals surface area contributed by atoms with Crippen LogP contribution in [0.2, 0.25) is 0 Å². The molecule has 0 atom stereocenters. The lowest BCUT2D eigenvalue weighted by Gasteiger charge is -2.10. The average Bonchev–Trinajstić information content (AvgIpc) is 3.23. The highest BCUT2D eigenvalue weighted by Gasteiger charge is 2.36. The van der Waals surface area contributed by atoms with Crippen LogP contribution in [-0.4, -0.2) is 46.8 Å². The van der Waals surface area contributed by atoms with Crippen LogP contribution in [0.4, 0.5) is 0 Å². The summed E-state index contributed by atoms with van der Waals surface area (Å²) in [6.07, 6.45) is 1.66. The first-order valence-electron chi connectivity index (χ1n) is 9.30. The number of hydrogen-bond acceptors (Lipinski definition) is 6. The molecule has 9 heteroatoms. The minimum absolute atomic E-state index is 0.277. The number of carbonyl (C=O) groups excluding carboxylic acids is 4. The van der Waals surface area contributed by atoms with E-state index in [1.165, 1.54) is 18.4 Å². The summed E-state index contributed by atoms with van der Waals surface area (Å²) in [4.78, 5) is 54.8. The van der Waals surface area contributed by atoms with Crippen molar-refractivity contribution < 1.29 is 23.9 Å². The first kappa shape index (κ1) is 20.4. The fraction of sp³-hybridized carbons (Fsp3) is 0.136. The van der Waals surface area contributed by atoms with Crippen LogP contribution in [0.25, 0.3) is 10.2 Å². The standard InChI is InChI=1S/C22H17N3O5S/c1-3-10-24-16-9-8-13(21(29)30-2)11-17(16)31-22(24)23-18(26)12-25-19(27)14-6-4-5-7-15(14)20(25)28/h3-9,11H,1,10,12H2,2H3. The molecule has 3 amide bonds. The Kier molecular flexibility index (Phi) is 5.35. The van der Waals surface area contributed by atoms with E-state index < -0.39 is 30.2 Å². The Bertz CT molecular complexity index is 1300. The quantitative estimate of drug-likeness (QED) is 0.348. The fourth-order valence-electron chi connectivity index (χ4n) is 3.37. The zero-order chi connectivity index (χ0) is 22.1. The number of methoxy groups -OCH3 is 1. The number of fused-ring (bicyclic) bond motifs is 2. The predicted molar refractivity (Wildman–Crippen MR) is 114 cm³/mol. The van der Waals surface area contributed by atoms with Gasteiger partial charge in [-0.1, -0.05) is 29.5 Å². The second-order valence-electron chi connectivity index (χ2n) is 6.71. The summed E-state index contributed by atoms with van der Waals surface area (Å²) < 4.78 is 7.26. The maximum Gasteiger partial charge on any atom is 0.337 e. The minimum Gasteiger partial charge on any atom is -0.465 e. The van der Waals surface area contributed by atoms with Gasteiger partial charge in [-0.3, -0.25) is 19.3 Å². The van der Waals surface area contributed by atoms with E-state index in [1.54, 1.807) is 53.1 Å². The van der Waals surface area contributed by atoms with Gasteiger partial charge < -0.3 is 9.30 Å². The molecule has 0 fully saturated rings. The van der Waals surface area contributed by atoms with Crippen LogP contribution < -0.4 is 4.80 Å². The first-order chi connectivity index (χ1) is 14.9. The number of amides is 3. The second kappa shape index (κ2) is 8.11. The van der Waals surface area contributed by atoms with E-state index in [0.717, 1.165) is 15.1 Å². The van der Waals surface area contributed by atoms with Crippen LogP contribution >= 0.6 is 11.3 Å². The van der Waals surface area contributed by atoms with Gasteiger partial charge in [-0.15, -0.1) is 6.58 Å². The summed E-state index contributed by atoms with van der Waals surface area (Å²) in [6.45, 7) is 3.66. The van der Waals surface area contributed by atoms with Crippen molar-refractivity contribution in [1.82, 2.24) is 9.47 Å². The van der Waals surface area contributed by atoms with Crippen LogP contribution in [0.5, 0.6) is 0 Å². The summed E-state index contributed by atoms with van der Waals surface area (Å²) in [5, 5.41) is 0. The molecule has 31 heavy (non-hydrogen) atoms. The van der Waals surface area contributed by atoms with E-state index in [2.05, 4.69) is 11.6 Å². The van der Waals surface area contributed by atoms with Gasteiger partial charge in [0, 0.05) is 6.54 Å². The summed E-state index contributed by atoms with van der Waals surface area (Å²) in [6, 6.07) is 11.5. The van der Waals surface area contributed by atoms with Crippen LogP contribution in [0.3, 0.4) is 0 Å². The highest BCUT2D eigenvalue weighted by atomic mass is 32.1. The largest absolute Gasteiger partial charge is 0.465 e. The first-order valence-corrected chi connectivity index (χ1v) is 10.1. The fourth-order valence-corrected chi connectivity index (χ4v) is 4.46. The molecule has 1 aliphatic heterocycles. The topological polar surface area (TPSA) is 98.0 Å². The van der Waals surface area contributed by atoms with Gasteiger partial charge in [-0.25, -0.2) is 4.79 Å². The number of thiazole rings is 1. The SMILES string of the molecule is C=CCn1c(=NC(=O)CN2C(=O)c3ccccc3C2=O)sc2cc(C(=O)OC)ccc21. The van der Waals surface area contributed by atoms with Crippen molar-refractivity contribution in [2.45, 2.75) is 6.54 Å². The van der Waals surface area contributed by atoms with Crippen molar-refractivity contribution in [3.05, 3.63) is 76.6 Å². The van der Waals surface area contributed by atoms with E-state index in [9.17, 15) is 19.2 Å². The smallest absolute Gasteiger partial charge is 0.337 e. The molecule has 0 saturated carbocycles. The molecule has 0 radical (unpaired) electrons. The monoisotopic (exact) mass is 435 g/mol. The Balaban J connectivity index is 1.68. The van der Waals surface area contributed by atoms with E-state index in [-0.39, 0.29) is 11.1 Å². The van der Waals surface area contributed by atoms with Crippen molar-refractivity contribution in [2.75, 3.05) is 13.7 Å². The Morgan fingerprint density at radius 2 is 1.81 bits per heavy atom. The van der Waals surface area contributed by atoms with Gasteiger partial charge in [0.15, 0.2) is 4.80 Å². The van der Waals surface area contributed by atoms with E-state index in [1.807, 2.05) is 0 Å². The minimum atomic E-state index is -0.632. The molecule has 3 aromatic rings. The Hall–Kier alpha value is -3.85. The van der Waals surface area contributed by atoms with Crippen molar-refractivity contribution in [2.24, 2.45) is 4.99 Å². The normalized spacial score (nSPS) is 13.6. The second-order valence-corrected chi connectivity index (χ2v) is 7.71. The molecular formula is C22H17N3O5S. The van der Waals surface area contributed by atoms with E-state index in [4.69, 9.17) is 4.74 Å². The highest BCUT2D eigenvalue weighted by molar-refractivity contribution is 7.16. The van der Waals surface area contributed by atoms with Gasteiger partial charge >= 0.3 is 5.97 Å². The lowest BCUT2D eigenvalue weighted by molar-refractivity contribution is -0.118. The molecule has 0 bridgehead atoms. The van der Waals surface area contributed by atoms with E-state index >= 15 is 0 Å². The molecular weight excluding hydrogens is 418 g/mol. The van der Waals surface area contributed by atoms with Crippen molar-refractivity contribution in [1.29, 1.82) is 0 Å². The number of rotatable bonds is 5. The third kappa shape index (κ3) is 3.59. The lowest BCUT2D eigenvalue weighted by atomic mass is 10.1. The maximum atomic E-state index is 12.6. The number of nitrogens with zero attached hydrogens (tertiary/aromatic N) is 3. The van der Waals surface area contributed by atoms with Crippen LogP contribution in [0, 0.1) is 0 Å². The Morgan fingerprint density at radius 3 is 2.42 bits per heavy atom. The van der Waals surface area contributed by atoms with E-state index in [0.29, 0.717) is 16.9 Å². The summed E-state index contributed by atoms with van der Waals surface area (Å²) in [7, 11) is 1.30. The number of esters is 1. The van der Waals surface area contributed by atoms with Gasteiger partial charge in [0.05, 0.1) is 34.0 Å². The number of allylic oxidation sites excluding steroid dienone is 1. The van der Waals surface area contributed by atoms with Gasteiger partial charge in [-0.05, 0) is 30.3 Å². The zero-order valence-electron chi connectivity index (χ0n) is 16.5. The molecule has 4 rings (SSSR count). The highest BCUT2D eigenvalue weighted by Crippen LogP contribution is 2.23. The zero-order valence-corrected chi connectivity index (χ0v) is 17.3. The predicted octanol–water partition coefficient (Wildman–Crippen LogP) is 2.40. The van der Waals surface area contributed by atoms with Gasteiger partial charge in [-0.2, -0.15) is 4.99 Å². The third-order valence-electron chi connectivity index (χ3n) is 4.81. The summed E-state index contributed by atoms with van der Waals surface area (Å²) in [5.74, 6) is -2.12. The van der Waals surface area contributed by atoms with Gasteiger partial charge in [0.2, 0.25) is 0 Å². The Labute approximate surface area is 180 Å². The average molecular weight is 435 g/mol. The number of hydrogen-bond donors (Lipinski definition) is 0. The molecule has 2 heterocycles. The molecule has 0 spiro atoms. The Morgan fingerprint density at radius 1 is 1.13 bits per heavy atom. The summed E-state index contributed by atoms with van der Waals surface area (Å²) in [5.41, 5.74) is 1.70. The molecule has 8 nitrogen and oxygen atoms in total. The molecule has 156 valence electrons. The molecule has 1 aromatic heterocycles. The van der Waals surface area contributed by atoms with Crippen molar-refractivity contribution >= 4 is 45.2 Å². The molecule has 0 N–H and O–H groups in total. The molecule has 2 aromatic carbocycles. The van der Waals surface area contributed by atoms with Crippen LogP contribution in [-0.2, 0) is 16.1 Å². The number of carbonyl (C=O) groups is 4. The van der Waals surface area contributed by atoms with Gasteiger partial charge in [0.1, 0.15) is 6.54 Å².